The molecule has 2 heterocycles. The summed E-state index contributed by atoms with van der Waals surface area (Å²) in [6.07, 6.45) is 1.86. The fraction of sp³-hybridized carbons (Fsp3) is 0.412. The number of fused-ring (bicyclic) bond motifs is 1. The molecular formula is C17H18N2O4. The van der Waals surface area contributed by atoms with Gasteiger partial charge in [-0.3, -0.25) is 29.4 Å². The van der Waals surface area contributed by atoms with E-state index in [1.807, 2.05) is 13.8 Å². The minimum atomic E-state index is -0.907. The summed E-state index contributed by atoms with van der Waals surface area (Å²) in [5, 5.41) is 2.20. The van der Waals surface area contributed by atoms with E-state index in [0.717, 1.165) is 28.9 Å². The van der Waals surface area contributed by atoms with Gasteiger partial charge in [-0.15, -0.1) is 0 Å². The number of amides is 4. The van der Waals surface area contributed by atoms with Crippen molar-refractivity contribution in [2.24, 2.45) is 0 Å². The number of aryl methyl sites for hydroxylation is 2. The Morgan fingerprint density at radius 3 is 1.96 bits per heavy atom. The Kier molecular flexibility index (Phi) is 3.75. The third kappa shape index (κ3) is 2.34. The molecule has 4 amide bonds. The zero-order valence-electron chi connectivity index (χ0n) is 13.1. The van der Waals surface area contributed by atoms with Gasteiger partial charge in [0.05, 0.1) is 11.1 Å². The van der Waals surface area contributed by atoms with Crippen molar-refractivity contribution >= 4 is 23.6 Å². The molecule has 120 valence electrons. The number of carbonyl (C=O) groups excluding carboxylic acids is 4. The molecule has 0 aliphatic carbocycles. The third-order valence-electron chi connectivity index (χ3n) is 4.52. The summed E-state index contributed by atoms with van der Waals surface area (Å²) in [5.74, 6) is -1.85. The summed E-state index contributed by atoms with van der Waals surface area (Å²) in [4.78, 5) is 49.6. The van der Waals surface area contributed by atoms with Crippen LogP contribution in [0.1, 0.15) is 58.5 Å². The van der Waals surface area contributed by atoms with Crippen LogP contribution in [0.4, 0.5) is 0 Å². The first-order valence-electron chi connectivity index (χ1n) is 7.85. The van der Waals surface area contributed by atoms with Crippen molar-refractivity contribution < 1.29 is 19.2 Å². The maximum atomic E-state index is 12.6. The Bertz CT molecular complexity index is 695. The molecule has 0 spiro atoms. The molecule has 0 radical (unpaired) electrons. The lowest BCUT2D eigenvalue weighted by molar-refractivity contribution is -0.136. The number of rotatable bonds is 3. The largest absolute Gasteiger partial charge is 0.295 e. The van der Waals surface area contributed by atoms with Gasteiger partial charge in [-0.25, -0.2) is 0 Å². The molecule has 2 aliphatic heterocycles. The first-order valence-corrected chi connectivity index (χ1v) is 7.85. The number of nitrogens with one attached hydrogen (secondary N) is 1. The van der Waals surface area contributed by atoms with Gasteiger partial charge in [-0.2, -0.15) is 0 Å². The molecule has 23 heavy (non-hydrogen) atoms. The Labute approximate surface area is 133 Å². The van der Waals surface area contributed by atoms with Crippen molar-refractivity contribution in [1.82, 2.24) is 10.2 Å². The number of nitrogens with zero attached hydrogens (tertiary/aromatic N) is 1. The monoisotopic (exact) mass is 314 g/mol. The summed E-state index contributed by atoms with van der Waals surface area (Å²) in [5.41, 5.74) is 2.79. The van der Waals surface area contributed by atoms with Crippen LogP contribution in [0.2, 0.25) is 0 Å². The summed E-state index contributed by atoms with van der Waals surface area (Å²) in [7, 11) is 0. The highest BCUT2D eigenvalue weighted by Crippen LogP contribution is 2.30. The SMILES string of the molecule is CCc1cc2c(cc1CC)C(=O)N(C1CCC(=O)NC1=O)C2=O. The summed E-state index contributed by atoms with van der Waals surface area (Å²) in [6, 6.07) is 2.62. The van der Waals surface area contributed by atoms with Gasteiger partial charge >= 0.3 is 0 Å². The summed E-state index contributed by atoms with van der Waals surface area (Å²) < 4.78 is 0. The van der Waals surface area contributed by atoms with Gasteiger partial charge in [-0.05, 0) is 42.5 Å². The predicted octanol–water partition coefficient (Wildman–Crippen LogP) is 1.21. The van der Waals surface area contributed by atoms with Crippen molar-refractivity contribution in [1.29, 1.82) is 0 Å². The van der Waals surface area contributed by atoms with Crippen LogP contribution >= 0.6 is 0 Å². The number of piperidine rings is 1. The van der Waals surface area contributed by atoms with Gasteiger partial charge in [0, 0.05) is 6.42 Å². The van der Waals surface area contributed by atoms with Crippen LogP contribution in [0.3, 0.4) is 0 Å². The molecule has 1 atom stereocenters. The molecule has 1 saturated heterocycles. The highest BCUT2D eigenvalue weighted by atomic mass is 16.2. The van der Waals surface area contributed by atoms with E-state index in [1.54, 1.807) is 12.1 Å². The maximum absolute atomic E-state index is 12.6. The van der Waals surface area contributed by atoms with E-state index in [-0.39, 0.29) is 18.7 Å². The van der Waals surface area contributed by atoms with E-state index in [0.29, 0.717) is 11.1 Å². The van der Waals surface area contributed by atoms with Gasteiger partial charge in [0.25, 0.3) is 11.8 Å². The number of hydrogen-bond donors (Lipinski definition) is 1. The Balaban J connectivity index is 2.00. The van der Waals surface area contributed by atoms with Crippen molar-refractivity contribution in [2.75, 3.05) is 0 Å². The van der Waals surface area contributed by atoms with Gasteiger partial charge in [0.2, 0.25) is 11.8 Å². The van der Waals surface area contributed by atoms with Crippen LogP contribution in [0, 0.1) is 0 Å². The molecular weight excluding hydrogens is 296 g/mol. The van der Waals surface area contributed by atoms with Crippen LogP contribution in [0.15, 0.2) is 12.1 Å². The first-order chi connectivity index (χ1) is 11.0. The van der Waals surface area contributed by atoms with Gasteiger partial charge in [0.15, 0.2) is 0 Å². The van der Waals surface area contributed by atoms with E-state index in [4.69, 9.17) is 0 Å². The Morgan fingerprint density at radius 1 is 1.00 bits per heavy atom. The molecule has 6 nitrogen and oxygen atoms in total. The number of imide groups is 2. The molecule has 1 unspecified atom stereocenters. The summed E-state index contributed by atoms with van der Waals surface area (Å²) in [6.45, 7) is 4.00. The molecule has 0 saturated carbocycles. The number of carbonyl (C=O) groups is 4. The second-order valence-corrected chi connectivity index (χ2v) is 5.82. The van der Waals surface area contributed by atoms with Crippen LogP contribution in [-0.2, 0) is 22.4 Å². The fourth-order valence-corrected chi connectivity index (χ4v) is 3.26. The van der Waals surface area contributed by atoms with Crippen molar-refractivity contribution in [3.8, 4) is 0 Å². The molecule has 3 rings (SSSR count). The second kappa shape index (κ2) is 5.61. The Hall–Kier alpha value is -2.50. The average Bonchev–Trinajstić information content (AvgIpc) is 2.77. The minimum absolute atomic E-state index is 0.129. The molecule has 2 aliphatic rings. The maximum Gasteiger partial charge on any atom is 0.262 e. The molecule has 0 aromatic heterocycles. The van der Waals surface area contributed by atoms with E-state index < -0.39 is 23.8 Å². The fourth-order valence-electron chi connectivity index (χ4n) is 3.26. The quantitative estimate of drug-likeness (QED) is 0.850. The third-order valence-corrected chi connectivity index (χ3v) is 4.52. The number of hydrogen-bond acceptors (Lipinski definition) is 4. The van der Waals surface area contributed by atoms with Crippen molar-refractivity contribution in [3.63, 3.8) is 0 Å². The lowest BCUT2D eigenvalue weighted by atomic mass is 9.96. The predicted molar refractivity (Wildman–Crippen MR) is 81.9 cm³/mol. The lowest BCUT2D eigenvalue weighted by Gasteiger charge is -2.27. The van der Waals surface area contributed by atoms with Gasteiger partial charge in [-0.1, -0.05) is 13.8 Å². The average molecular weight is 314 g/mol. The second-order valence-electron chi connectivity index (χ2n) is 5.82. The van der Waals surface area contributed by atoms with E-state index in [2.05, 4.69) is 5.32 Å². The lowest BCUT2D eigenvalue weighted by Crippen LogP contribution is -2.54. The van der Waals surface area contributed by atoms with Crippen molar-refractivity contribution in [3.05, 3.63) is 34.4 Å². The molecule has 1 N–H and O–H groups in total. The van der Waals surface area contributed by atoms with E-state index >= 15 is 0 Å². The zero-order chi connectivity index (χ0) is 16.7. The van der Waals surface area contributed by atoms with Gasteiger partial charge < -0.3 is 0 Å². The topological polar surface area (TPSA) is 83.6 Å². The minimum Gasteiger partial charge on any atom is -0.295 e. The molecule has 1 aromatic carbocycles. The van der Waals surface area contributed by atoms with Crippen LogP contribution < -0.4 is 5.32 Å². The highest BCUT2D eigenvalue weighted by Gasteiger charge is 2.44. The van der Waals surface area contributed by atoms with Crippen LogP contribution in [0.25, 0.3) is 0 Å². The standard InChI is InChI=1S/C17H18N2O4/c1-3-9-7-11-12(8-10(9)4-2)17(23)19(16(11)22)13-5-6-14(20)18-15(13)21/h7-8,13H,3-6H2,1-2H3,(H,18,20,21). The van der Waals surface area contributed by atoms with E-state index in [1.165, 1.54) is 0 Å². The molecule has 6 heteroatoms. The molecule has 1 fully saturated rings. The Morgan fingerprint density at radius 2 is 1.52 bits per heavy atom. The zero-order valence-corrected chi connectivity index (χ0v) is 13.1. The van der Waals surface area contributed by atoms with E-state index in [9.17, 15) is 19.2 Å². The smallest absolute Gasteiger partial charge is 0.262 e. The normalized spacial score (nSPS) is 20.8. The van der Waals surface area contributed by atoms with Crippen LogP contribution in [0.5, 0.6) is 0 Å². The molecule has 1 aromatic rings. The van der Waals surface area contributed by atoms with Crippen molar-refractivity contribution in [2.45, 2.75) is 45.6 Å². The highest BCUT2D eigenvalue weighted by molar-refractivity contribution is 6.23. The summed E-state index contributed by atoms with van der Waals surface area (Å²) >= 11 is 0. The van der Waals surface area contributed by atoms with Gasteiger partial charge in [0.1, 0.15) is 6.04 Å². The number of benzene rings is 1. The molecule has 0 bridgehead atoms. The first kappa shape index (κ1) is 15.4. The van der Waals surface area contributed by atoms with Crippen LogP contribution in [-0.4, -0.2) is 34.6 Å².